The van der Waals surface area contributed by atoms with E-state index in [1.54, 1.807) is 0 Å². The molecule has 3 rings (SSSR count). The first-order chi connectivity index (χ1) is 7.75. The summed E-state index contributed by atoms with van der Waals surface area (Å²) in [4.78, 5) is 11.1. The highest BCUT2D eigenvalue weighted by Crippen LogP contribution is 2.32. The lowest BCUT2D eigenvalue weighted by molar-refractivity contribution is 0.0688. The molecule has 5 heteroatoms. The van der Waals surface area contributed by atoms with Crippen molar-refractivity contribution in [1.29, 1.82) is 0 Å². The van der Waals surface area contributed by atoms with Crippen molar-refractivity contribution in [2.24, 2.45) is 5.92 Å². The Morgan fingerprint density at radius 2 is 2.38 bits per heavy atom. The van der Waals surface area contributed by atoms with E-state index in [1.807, 2.05) is 4.68 Å². The maximum absolute atomic E-state index is 11.1. The molecule has 1 fully saturated rings. The Morgan fingerprint density at radius 3 is 3.06 bits per heavy atom. The van der Waals surface area contributed by atoms with Crippen LogP contribution in [0, 0.1) is 5.92 Å². The van der Waals surface area contributed by atoms with Gasteiger partial charge in [-0.1, -0.05) is 0 Å². The van der Waals surface area contributed by atoms with E-state index in [0.717, 1.165) is 36.7 Å². The second-order valence-corrected chi connectivity index (χ2v) is 4.63. The number of carboxylic acid groups (broad SMARTS) is 1. The highest BCUT2D eigenvalue weighted by atomic mass is 16.4. The quantitative estimate of drug-likeness (QED) is 0.786. The molecule has 1 aliphatic carbocycles. The smallest absolute Gasteiger partial charge is 0.356 e. The van der Waals surface area contributed by atoms with E-state index in [-0.39, 0.29) is 5.69 Å². The standard InChI is InChI=1S/C11H15N3O2/c15-11(16)10-8-5-12-4-3-9(8)14(13-10)6-7-1-2-7/h7,12H,1-6H2,(H,15,16). The van der Waals surface area contributed by atoms with Crippen LogP contribution in [0.4, 0.5) is 0 Å². The van der Waals surface area contributed by atoms with Gasteiger partial charge in [-0.2, -0.15) is 5.10 Å². The zero-order valence-electron chi connectivity index (χ0n) is 9.07. The van der Waals surface area contributed by atoms with Gasteiger partial charge in [0.25, 0.3) is 0 Å². The summed E-state index contributed by atoms with van der Waals surface area (Å²) in [5, 5.41) is 16.6. The number of aromatic carboxylic acids is 1. The van der Waals surface area contributed by atoms with Gasteiger partial charge in [-0.05, 0) is 18.8 Å². The van der Waals surface area contributed by atoms with Crippen molar-refractivity contribution in [3.05, 3.63) is 17.0 Å². The first-order valence-corrected chi connectivity index (χ1v) is 5.78. The minimum Gasteiger partial charge on any atom is -0.476 e. The fourth-order valence-electron chi connectivity index (χ4n) is 2.29. The average Bonchev–Trinajstić information content (AvgIpc) is 3.00. The predicted octanol–water partition coefficient (Wildman–Crippen LogP) is 0.637. The number of rotatable bonds is 3. The van der Waals surface area contributed by atoms with Crippen LogP contribution in [0.25, 0.3) is 0 Å². The summed E-state index contributed by atoms with van der Waals surface area (Å²) in [7, 11) is 0. The zero-order valence-corrected chi connectivity index (χ0v) is 9.07. The Balaban J connectivity index is 1.99. The maximum Gasteiger partial charge on any atom is 0.356 e. The molecule has 0 bridgehead atoms. The second kappa shape index (κ2) is 3.59. The minimum absolute atomic E-state index is 0.239. The van der Waals surface area contributed by atoms with Crippen molar-refractivity contribution in [3.8, 4) is 0 Å². The van der Waals surface area contributed by atoms with Crippen LogP contribution in [0.5, 0.6) is 0 Å². The van der Waals surface area contributed by atoms with Crippen LogP contribution in [0.2, 0.25) is 0 Å². The first kappa shape index (κ1) is 9.84. The lowest BCUT2D eigenvalue weighted by Crippen LogP contribution is -2.25. The molecule has 0 aromatic carbocycles. The lowest BCUT2D eigenvalue weighted by Gasteiger charge is -2.15. The number of carbonyl (C=O) groups is 1. The van der Waals surface area contributed by atoms with Gasteiger partial charge in [-0.3, -0.25) is 4.68 Å². The van der Waals surface area contributed by atoms with Crippen LogP contribution in [0.15, 0.2) is 0 Å². The van der Waals surface area contributed by atoms with Gasteiger partial charge in [-0.15, -0.1) is 0 Å². The van der Waals surface area contributed by atoms with E-state index >= 15 is 0 Å². The van der Waals surface area contributed by atoms with Crippen LogP contribution >= 0.6 is 0 Å². The van der Waals surface area contributed by atoms with Gasteiger partial charge in [0, 0.05) is 37.3 Å². The van der Waals surface area contributed by atoms with Crippen LogP contribution in [0.1, 0.15) is 34.6 Å². The number of carboxylic acids is 1. The normalized spacial score (nSPS) is 19.5. The van der Waals surface area contributed by atoms with Gasteiger partial charge >= 0.3 is 5.97 Å². The van der Waals surface area contributed by atoms with Crippen molar-refractivity contribution < 1.29 is 9.90 Å². The Hall–Kier alpha value is -1.36. The summed E-state index contributed by atoms with van der Waals surface area (Å²) < 4.78 is 1.93. The number of hydrogen-bond donors (Lipinski definition) is 2. The largest absolute Gasteiger partial charge is 0.476 e. The molecule has 0 amide bonds. The topological polar surface area (TPSA) is 67.1 Å². The molecule has 0 unspecified atom stereocenters. The zero-order chi connectivity index (χ0) is 11.1. The molecule has 1 aromatic heterocycles. The Kier molecular flexibility index (Phi) is 2.21. The average molecular weight is 221 g/mol. The molecule has 1 aliphatic heterocycles. The van der Waals surface area contributed by atoms with Gasteiger partial charge < -0.3 is 10.4 Å². The monoisotopic (exact) mass is 221 g/mol. The third-order valence-corrected chi connectivity index (χ3v) is 3.34. The summed E-state index contributed by atoms with van der Waals surface area (Å²) in [6, 6.07) is 0. The Labute approximate surface area is 93.5 Å². The van der Waals surface area contributed by atoms with E-state index in [2.05, 4.69) is 10.4 Å². The molecule has 5 nitrogen and oxygen atoms in total. The molecule has 0 saturated heterocycles. The molecule has 2 aliphatic rings. The van der Waals surface area contributed by atoms with Crippen molar-refractivity contribution >= 4 is 5.97 Å². The van der Waals surface area contributed by atoms with Gasteiger partial charge in [0.05, 0.1) is 0 Å². The fourth-order valence-corrected chi connectivity index (χ4v) is 2.29. The molecule has 2 N–H and O–H groups in total. The van der Waals surface area contributed by atoms with Crippen LogP contribution in [-0.4, -0.2) is 27.4 Å². The van der Waals surface area contributed by atoms with E-state index in [1.165, 1.54) is 12.8 Å². The molecule has 1 saturated carbocycles. The van der Waals surface area contributed by atoms with Crippen molar-refractivity contribution in [2.75, 3.05) is 6.54 Å². The molecule has 1 aromatic rings. The van der Waals surface area contributed by atoms with Crippen molar-refractivity contribution in [2.45, 2.75) is 32.4 Å². The summed E-state index contributed by atoms with van der Waals surface area (Å²) in [6.45, 7) is 2.46. The predicted molar refractivity (Wildman–Crippen MR) is 57.3 cm³/mol. The van der Waals surface area contributed by atoms with Gasteiger partial charge in [-0.25, -0.2) is 4.79 Å². The van der Waals surface area contributed by atoms with Gasteiger partial charge in [0.1, 0.15) is 0 Å². The summed E-state index contributed by atoms with van der Waals surface area (Å²) in [6.07, 6.45) is 3.41. The van der Waals surface area contributed by atoms with E-state index in [4.69, 9.17) is 5.11 Å². The second-order valence-electron chi connectivity index (χ2n) is 4.63. The summed E-state index contributed by atoms with van der Waals surface area (Å²) in [5.74, 6) is -0.185. The molecule has 0 spiro atoms. The van der Waals surface area contributed by atoms with Crippen molar-refractivity contribution in [1.82, 2.24) is 15.1 Å². The maximum atomic E-state index is 11.1. The van der Waals surface area contributed by atoms with Crippen LogP contribution < -0.4 is 5.32 Å². The van der Waals surface area contributed by atoms with Gasteiger partial charge in [0.15, 0.2) is 5.69 Å². The molecular formula is C11H15N3O2. The minimum atomic E-state index is -0.908. The first-order valence-electron chi connectivity index (χ1n) is 5.78. The van der Waals surface area contributed by atoms with E-state index in [9.17, 15) is 4.79 Å². The van der Waals surface area contributed by atoms with E-state index < -0.39 is 5.97 Å². The molecule has 16 heavy (non-hydrogen) atoms. The van der Waals surface area contributed by atoms with Crippen LogP contribution in [0.3, 0.4) is 0 Å². The molecule has 2 heterocycles. The number of fused-ring (bicyclic) bond motifs is 1. The van der Waals surface area contributed by atoms with E-state index in [0.29, 0.717) is 6.54 Å². The van der Waals surface area contributed by atoms with Gasteiger partial charge in [0.2, 0.25) is 0 Å². The molecule has 0 radical (unpaired) electrons. The van der Waals surface area contributed by atoms with Crippen molar-refractivity contribution in [3.63, 3.8) is 0 Å². The van der Waals surface area contributed by atoms with Crippen LogP contribution in [-0.2, 0) is 19.5 Å². The third-order valence-electron chi connectivity index (χ3n) is 3.34. The third kappa shape index (κ3) is 1.61. The highest BCUT2D eigenvalue weighted by Gasteiger charge is 2.28. The highest BCUT2D eigenvalue weighted by molar-refractivity contribution is 5.87. The molecule has 0 atom stereocenters. The SMILES string of the molecule is O=C(O)c1nn(CC2CC2)c2c1CNCC2. The number of nitrogens with zero attached hydrogens (tertiary/aromatic N) is 2. The fraction of sp³-hybridized carbons (Fsp3) is 0.636. The summed E-state index contributed by atoms with van der Waals surface area (Å²) in [5.41, 5.74) is 2.25. The number of hydrogen-bond acceptors (Lipinski definition) is 3. The molecule has 86 valence electrons. The summed E-state index contributed by atoms with van der Waals surface area (Å²) >= 11 is 0. The molecular weight excluding hydrogens is 206 g/mol. The lowest BCUT2D eigenvalue weighted by atomic mass is 10.1. The Bertz CT molecular complexity index is 435. The Morgan fingerprint density at radius 1 is 1.56 bits per heavy atom. The number of aromatic nitrogens is 2. The number of nitrogens with one attached hydrogen (secondary N) is 1.